The van der Waals surface area contributed by atoms with Crippen molar-refractivity contribution in [3.05, 3.63) is 127 Å². The molecule has 0 saturated heterocycles. The Morgan fingerprint density at radius 1 is 1.04 bits per heavy atom. The summed E-state index contributed by atoms with van der Waals surface area (Å²) in [5.41, 5.74) is 5.18. The molecular weight excluding hydrogens is 609 g/mol. The average molecular weight is 641 g/mol. The number of nitrogens with zero attached hydrogens (tertiary/aromatic N) is 3. The lowest BCUT2D eigenvalue weighted by atomic mass is 9.78. The summed E-state index contributed by atoms with van der Waals surface area (Å²) in [5, 5.41) is 26.1. The van der Waals surface area contributed by atoms with E-state index in [4.69, 9.17) is 5.11 Å². The molecular formula is C38H32N4O4S. The van der Waals surface area contributed by atoms with Crippen LogP contribution in [0.15, 0.2) is 87.9 Å². The van der Waals surface area contributed by atoms with E-state index in [9.17, 15) is 19.6 Å². The van der Waals surface area contributed by atoms with Crippen molar-refractivity contribution < 1.29 is 9.90 Å². The molecule has 3 heterocycles. The number of thiophene rings is 1. The molecule has 1 atom stereocenters. The molecule has 0 amide bonds. The maximum absolute atomic E-state index is 11.6. The third-order valence-corrected chi connectivity index (χ3v) is 10.4. The lowest BCUT2D eigenvalue weighted by molar-refractivity contribution is 0.0699. The van der Waals surface area contributed by atoms with Crippen LogP contribution in [0.4, 0.5) is 0 Å². The lowest BCUT2D eigenvalue weighted by Crippen LogP contribution is -2.32. The van der Waals surface area contributed by atoms with Crippen LogP contribution in [-0.4, -0.2) is 25.2 Å². The molecule has 3 aromatic heterocycles. The molecule has 234 valence electrons. The minimum Gasteiger partial charge on any atom is -0.478 e. The number of carboxylic acid groups (broad SMARTS) is 1. The van der Waals surface area contributed by atoms with E-state index >= 15 is 0 Å². The first-order chi connectivity index (χ1) is 22.8. The Bertz CT molecular complexity index is 2530. The number of aromatic carboxylic acids is 1. The summed E-state index contributed by atoms with van der Waals surface area (Å²) >= 11 is 1.03. The molecule has 1 unspecified atom stereocenters. The molecule has 9 heteroatoms. The smallest absolute Gasteiger partial charge is 0.337 e. The third-order valence-electron chi connectivity index (χ3n) is 9.49. The van der Waals surface area contributed by atoms with Crippen LogP contribution in [0.1, 0.15) is 64.7 Å². The van der Waals surface area contributed by atoms with Gasteiger partial charge in [0.05, 0.1) is 22.6 Å². The molecule has 2 N–H and O–H groups in total. The zero-order valence-corrected chi connectivity index (χ0v) is 26.9. The van der Waals surface area contributed by atoms with E-state index < -0.39 is 17.2 Å². The average Bonchev–Trinajstić information content (AvgIpc) is 3.71. The lowest BCUT2D eigenvalue weighted by Gasteiger charge is -2.26. The van der Waals surface area contributed by atoms with Gasteiger partial charge in [-0.1, -0.05) is 43.3 Å². The normalized spacial score (nSPS) is 14.2. The van der Waals surface area contributed by atoms with Crippen molar-refractivity contribution in [1.29, 1.82) is 5.26 Å². The van der Waals surface area contributed by atoms with Crippen molar-refractivity contribution >= 4 is 60.0 Å². The molecule has 0 bridgehead atoms. The van der Waals surface area contributed by atoms with E-state index in [2.05, 4.69) is 83.3 Å². The van der Waals surface area contributed by atoms with Gasteiger partial charge in [0.1, 0.15) is 4.83 Å². The number of aromatic amines is 1. The van der Waals surface area contributed by atoms with Gasteiger partial charge >= 0.3 is 11.7 Å². The highest BCUT2D eigenvalue weighted by atomic mass is 32.1. The maximum Gasteiger partial charge on any atom is 0.337 e. The van der Waals surface area contributed by atoms with Crippen LogP contribution in [0.5, 0.6) is 0 Å². The summed E-state index contributed by atoms with van der Waals surface area (Å²) in [7, 11) is 1.30. The van der Waals surface area contributed by atoms with Gasteiger partial charge in [-0.25, -0.2) is 9.59 Å². The number of rotatable bonds is 4. The van der Waals surface area contributed by atoms with Crippen LogP contribution in [0.2, 0.25) is 0 Å². The zero-order chi connectivity index (χ0) is 32.8. The zero-order valence-electron chi connectivity index (χ0n) is 26.0. The number of carboxylic acids is 1. The quantitative estimate of drug-likeness (QED) is 0.191. The van der Waals surface area contributed by atoms with Crippen LogP contribution in [0.3, 0.4) is 0 Å². The van der Waals surface area contributed by atoms with Crippen LogP contribution in [0, 0.1) is 11.3 Å². The van der Waals surface area contributed by atoms with Crippen molar-refractivity contribution in [2.45, 2.75) is 45.1 Å². The monoisotopic (exact) mass is 640 g/mol. The molecule has 0 spiro atoms. The first kappa shape index (κ1) is 30.2. The highest BCUT2D eigenvalue weighted by Gasteiger charge is 2.22. The van der Waals surface area contributed by atoms with Crippen LogP contribution in [0.25, 0.3) is 42.7 Å². The number of nitriles is 1. The Balaban J connectivity index is 0.000000197. The topological polar surface area (TPSA) is 121 Å². The molecule has 8 rings (SSSR count). The van der Waals surface area contributed by atoms with Gasteiger partial charge in [0.2, 0.25) is 0 Å². The summed E-state index contributed by atoms with van der Waals surface area (Å²) in [6, 6.07) is 26.4. The minimum absolute atomic E-state index is 0.0506. The maximum atomic E-state index is 11.6. The molecule has 0 aliphatic heterocycles. The van der Waals surface area contributed by atoms with E-state index in [-0.39, 0.29) is 10.9 Å². The van der Waals surface area contributed by atoms with E-state index in [1.807, 2.05) is 12.1 Å². The molecule has 0 saturated carbocycles. The minimum atomic E-state index is -1.18. The second-order valence-electron chi connectivity index (χ2n) is 12.1. The van der Waals surface area contributed by atoms with E-state index in [0.717, 1.165) is 27.8 Å². The summed E-state index contributed by atoms with van der Waals surface area (Å²) in [6.07, 6.45) is 7.16. The number of fused-ring (bicyclic) bond motifs is 7. The molecule has 8 nitrogen and oxygen atoms in total. The number of H-pyrrole nitrogens is 1. The molecule has 0 radical (unpaired) electrons. The van der Waals surface area contributed by atoms with Gasteiger partial charge in [0.15, 0.2) is 0 Å². The van der Waals surface area contributed by atoms with Gasteiger partial charge in [0.25, 0.3) is 5.56 Å². The number of aryl methyl sites for hydroxylation is 1. The Morgan fingerprint density at radius 3 is 2.60 bits per heavy atom. The summed E-state index contributed by atoms with van der Waals surface area (Å²) in [5.74, 6) is -0.480. The van der Waals surface area contributed by atoms with Crippen molar-refractivity contribution in [2.24, 2.45) is 7.05 Å². The number of aromatic nitrogens is 3. The molecule has 47 heavy (non-hydrogen) atoms. The first-order valence-corrected chi connectivity index (χ1v) is 16.6. The van der Waals surface area contributed by atoms with Crippen molar-refractivity contribution in [1.82, 2.24) is 14.1 Å². The van der Waals surface area contributed by atoms with E-state index in [1.165, 1.54) is 70.7 Å². The Labute approximate surface area is 273 Å². The SMILES string of the molecule is CCC1CCCc2c1ccc1c2cc(Cn2ccc3cc(C#N)ccc32)c2ccccc21.Cn1c(=O)[nH]c2scc(C(=O)O)c2c1=O. The molecule has 0 fully saturated rings. The van der Waals surface area contributed by atoms with Gasteiger partial charge in [-0.3, -0.25) is 14.3 Å². The van der Waals surface area contributed by atoms with Crippen molar-refractivity contribution in [2.75, 3.05) is 0 Å². The van der Waals surface area contributed by atoms with Gasteiger partial charge in [0, 0.05) is 36.1 Å². The van der Waals surface area contributed by atoms with Crippen LogP contribution >= 0.6 is 11.3 Å². The Kier molecular flexibility index (Phi) is 7.74. The highest BCUT2D eigenvalue weighted by Crippen LogP contribution is 2.40. The van der Waals surface area contributed by atoms with Gasteiger partial charge < -0.3 is 9.67 Å². The van der Waals surface area contributed by atoms with Crippen molar-refractivity contribution in [3.63, 3.8) is 0 Å². The van der Waals surface area contributed by atoms with Crippen molar-refractivity contribution in [3.8, 4) is 6.07 Å². The highest BCUT2D eigenvalue weighted by molar-refractivity contribution is 7.17. The summed E-state index contributed by atoms with van der Waals surface area (Å²) < 4.78 is 3.16. The second-order valence-corrected chi connectivity index (χ2v) is 13.0. The van der Waals surface area contributed by atoms with Gasteiger partial charge in [-0.15, -0.1) is 11.3 Å². The van der Waals surface area contributed by atoms with Gasteiger partial charge in [-0.2, -0.15) is 5.26 Å². The third kappa shape index (κ3) is 5.21. The Hall–Kier alpha value is -5.46. The van der Waals surface area contributed by atoms with Gasteiger partial charge in [-0.05, 0) is 100 Å². The van der Waals surface area contributed by atoms with E-state index in [0.29, 0.717) is 16.3 Å². The van der Waals surface area contributed by atoms with Crippen LogP contribution < -0.4 is 11.2 Å². The predicted molar refractivity (Wildman–Crippen MR) is 188 cm³/mol. The number of hydrogen-bond donors (Lipinski definition) is 2. The fourth-order valence-corrected chi connectivity index (χ4v) is 8.00. The fourth-order valence-electron chi connectivity index (χ4n) is 7.08. The largest absolute Gasteiger partial charge is 0.478 e. The fraction of sp³-hybridized carbons (Fsp3) is 0.211. The van der Waals surface area contributed by atoms with Crippen LogP contribution in [-0.2, 0) is 20.0 Å². The number of benzene rings is 4. The number of hydrogen-bond acceptors (Lipinski definition) is 5. The number of nitrogens with one attached hydrogen (secondary N) is 1. The Morgan fingerprint density at radius 2 is 1.83 bits per heavy atom. The number of carbonyl (C=O) groups is 1. The van der Waals surface area contributed by atoms with E-state index in [1.54, 1.807) is 11.1 Å². The molecule has 1 aliphatic carbocycles. The molecule has 1 aliphatic rings. The molecule has 7 aromatic rings. The summed E-state index contributed by atoms with van der Waals surface area (Å²) in [6.45, 7) is 3.15. The molecule has 4 aromatic carbocycles. The summed E-state index contributed by atoms with van der Waals surface area (Å²) in [4.78, 5) is 36.3. The second kappa shape index (κ2) is 12.0. The standard InChI is InChI=1S/C30H26N2.C8H6N2O4S/c1-2-21-6-5-9-27-25(21)11-12-28-26-8-4-3-7-24(26)23(17-29(27)28)19-32-15-14-22-16-20(18-31)10-13-30(22)32;1-10-6(11)4-3(7(12)13)2-15-5(4)9-8(10)14/h3-4,7-8,10-17,21H,2,5-6,9,19H2,1H3;2H,1H3,(H,9,14)(H,12,13). The predicted octanol–water partition coefficient (Wildman–Crippen LogP) is 7.68. The first-order valence-electron chi connectivity index (χ1n) is 15.7.